The smallest absolute Gasteiger partial charge is 0.228 e. The van der Waals surface area contributed by atoms with Crippen molar-refractivity contribution < 1.29 is 5.11 Å². The molecule has 0 bridgehead atoms. The number of hydrogen-bond acceptors (Lipinski definition) is 5. The lowest BCUT2D eigenvalue weighted by atomic mass is 9.90. The Hall–Kier alpha value is -0.650. The molecular formula is C7H8Cl2N4O. The Kier molecular flexibility index (Phi) is 2.71. The van der Waals surface area contributed by atoms with Gasteiger partial charge in [0, 0.05) is 6.04 Å². The van der Waals surface area contributed by atoms with Crippen LogP contribution in [0.3, 0.4) is 0 Å². The van der Waals surface area contributed by atoms with Crippen molar-refractivity contribution in [3.05, 3.63) is 10.6 Å². The molecule has 0 amide bonds. The molecule has 14 heavy (non-hydrogen) atoms. The summed E-state index contributed by atoms with van der Waals surface area (Å²) in [6.45, 7) is 0. The molecule has 76 valence electrons. The molecule has 1 aromatic heterocycles. The summed E-state index contributed by atoms with van der Waals surface area (Å²) < 4.78 is 0. The molecule has 7 heteroatoms. The average molecular weight is 235 g/mol. The standard InChI is InChI=1S/C7H8Cl2N4O/c8-5-11-6(9)13-7(12-5)10-3-1-4(14)2-3/h3-4,14H,1-2H2,(H,10,11,12,13). The molecule has 0 unspecified atom stereocenters. The van der Waals surface area contributed by atoms with Gasteiger partial charge in [0.1, 0.15) is 0 Å². The Morgan fingerprint density at radius 1 is 1.14 bits per heavy atom. The first-order valence-corrected chi connectivity index (χ1v) is 4.91. The first kappa shape index (κ1) is 9.89. The van der Waals surface area contributed by atoms with Crippen molar-refractivity contribution in [2.24, 2.45) is 0 Å². The summed E-state index contributed by atoms with van der Waals surface area (Å²) in [5.41, 5.74) is 0. The molecule has 0 spiro atoms. The summed E-state index contributed by atoms with van der Waals surface area (Å²) in [7, 11) is 0. The fourth-order valence-corrected chi connectivity index (χ4v) is 1.64. The molecule has 5 nitrogen and oxygen atoms in total. The fourth-order valence-electron chi connectivity index (χ4n) is 1.28. The molecule has 1 fully saturated rings. The monoisotopic (exact) mass is 234 g/mol. The minimum Gasteiger partial charge on any atom is -0.393 e. The van der Waals surface area contributed by atoms with Gasteiger partial charge in [0.25, 0.3) is 0 Å². The Labute approximate surface area is 90.5 Å². The molecular weight excluding hydrogens is 227 g/mol. The molecule has 1 aliphatic rings. The number of nitrogens with zero attached hydrogens (tertiary/aromatic N) is 3. The van der Waals surface area contributed by atoms with E-state index in [0.717, 1.165) is 0 Å². The van der Waals surface area contributed by atoms with Crippen LogP contribution < -0.4 is 5.32 Å². The predicted molar refractivity (Wildman–Crippen MR) is 52.5 cm³/mol. The summed E-state index contributed by atoms with van der Waals surface area (Å²) in [5, 5.41) is 12.2. The van der Waals surface area contributed by atoms with E-state index in [2.05, 4.69) is 20.3 Å². The van der Waals surface area contributed by atoms with Gasteiger partial charge in [-0.05, 0) is 36.0 Å². The second-order valence-corrected chi connectivity index (χ2v) is 3.84. The van der Waals surface area contributed by atoms with Gasteiger partial charge in [0.2, 0.25) is 16.5 Å². The third-order valence-corrected chi connectivity index (χ3v) is 2.37. The normalized spacial score (nSPS) is 25.6. The van der Waals surface area contributed by atoms with Gasteiger partial charge in [-0.1, -0.05) is 0 Å². The Balaban J connectivity index is 2.02. The Morgan fingerprint density at radius 2 is 1.71 bits per heavy atom. The predicted octanol–water partition coefficient (Wildman–Crippen LogP) is 1.11. The van der Waals surface area contributed by atoms with E-state index < -0.39 is 0 Å². The van der Waals surface area contributed by atoms with E-state index in [9.17, 15) is 0 Å². The lowest BCUT2D eigenvalue weighted by molar-refractivity contribution is 0.0834. The minimum absolute atomic E-state index is 0.0624. The number of nitrogens with one attached hydrogen (secondary N) is 1. The highest BCUT2D eigenvalue weighted by Crippen LogP contribution is 2.23. The number of halogens is 2. The third kappa shape index (κ3) is 2.23. The van der Waals surface area contributed by atoms with Crippen LogP contribution in [-0.2, 0) is 0 Å². The van der Waals surface area contributed by atoms with Gasteiger partial charge in [0.05, 0.1) is 6.10 Å². The SMILES string of the molecule is OC1CC(Nc2nc(Cl)nc(Cl)n2)C1. The maximum absolute atomic E-state index is 9.06. The van der Waals surface area contributed by atoms with E-state index in [-0.39, 0.29) is 22.7 Å². The van der Waals surface area contributed by atoms with E-state index in [1.54, 1.807) is 0 Å². The van der Waals surface area contributed by atoms with Crippen molar-refractivity contribution in [2.45, 2.75) is 25.0 Å². The highest BCUT2D eigenvalue weighted by atomic mass is 35.5. The van der Waals surface area contributed by atoms with Gasteiger partial charge in [-0.3, -0.25) is 0 Å². The van der Waals surface area contributed by atoms with Crippen molar-refractivity contribution in [3.8, 4) is 0 Å². The number of anilines is 1. The van der Waals surface area contributed by atoms with Crippen molar-refractivity contribution >= 4 is 29.2 Å². The zero-order valence-corrected chi connectivity index (χ0v) is 8.63. The van der Waals surface area contributed by atoms with Crippen LogP contribution in [-0.4, -0.2) is 32.2 Å². The van der Waals surface area contributed by atoms with E-state index >= 15 is 0 Å². The molecule has 0 aromatic carbocycles. The average Bonchev–Trinajstić information content (AvgIpc) is 1.99. The quantitative estimate of drug-likeness (QED) is 0.803. The number of hydrogen-bond donors (Lipinski definition) is 2. The molecule has 1 saturated carbocycles. The molecule has 2 rings (SSSR count). The van der Waals surface area contributed by atoms with E-state index in [4.69, 9.17) is 28.3 Å². The van der Waals surface area contributed by atoms with Gasteiger partial charge < -0.3 is 10.4 Å². The van der Waals surface area contributed by atoms with Crippen LogP contribution in [0, 0.1) is 0 Å². The number of rotatable bonds is 2. The number of aromatic nitrogens is 3. The molecule has 0 aliphatic heterocycles. The zero-order chi connectivity index (χ0) is 10.1. The van der Waals surface area contributed by atoms with Crippen LogP contribution in [0.2, 0.25) is 10.6 Å². The van der Waals surface area contributed by atoms with Crippen LogP contribution in [0.15, 0.2) is 0 Å². The van der Waals surface area contributed by atoms with Crippen LogP contribution >= 0.6 is 23.2 Å². The molecule has 1 heterocycles. The first-order valence-electron chi connectivity index (χ1n) is 4.15. The Morgan fingerprint density at radius 3 is 2.21 bits per heavy atom. The topological polar surface area (TPSA) is 70.9 Å². The van der Waals surface area contributed by atoms with Gasteiger partial charge in [-0.2, -0.15) is 15.0 Å². The van der Waals surface area contributed by atoms with E-state index in [1.165, 1.54) is 0 Å². The summed E-state index contributed by atoms with van der Waals surface area (Å²) in [4.78, 5) is 11.3. The second kappa shape index (κ2) is 3.84. The second-order valence-electron chi connectivity index (χ2n) is 3.16. The van der Waals surface area contributed by atoms with Crippen LogP contribution in [0.4, 0.5) is 5.95 Å². The van der Waals surface area contributed by atoms with Crippen molar-refractivity contribution in [3.63, 3.8) is 0 Å². The molecule has 1 aliphatic carbocycles. The highest BCUT2D eigenvalue weighted by molar-refractivity contribution is 6.31. The molecule has 0 radical (unpaired) electrons. The maximum atomic E-state index is 9.06. The van der Waals surface area contributed by atoms with E-state index in [0.29, 0.717) is 18.8 Å². The fraction of sp³-hybridized carbons (Fsp3) is 0.571. The number of aliphatic hydroxyl groups excluding tert-OH is 1. The summed E-state index contributed by atoms with van der Waals surface area (Å²) >= 11 is 11.2. The van der Waals surface area contributed by atoms with Gasteiger partial charge >= 0.3 is 0 Å². The minimum atomic E-state index is -0.222. The molecule has 0 saturated heterocycles. The Bertz CT molecular complexity index is 322. The largest absolute Gasteiger partial charge is 0.393 e. The summed E-state index contributed by atoms with van der Waals surface area (Å²) in [6, 6.07) is 0.194. The summed E-state index contributed by atoms with van der Waals surface area (Å²) in [6.07, 6.45) is 1.17. The van der Waals surface area contributed by atoms with Crippen LogP contribution in [0.25, 0.3) is 0 Å². The lowest BCUT2D eigenvalue weighted by Gasteiger charge is -2.31. The van der Waals surface area contributed by atoms with Crippen molar-refractivity contribution in [2.75, 3.05) is 5.32 Å². The van der Waals surface area contributed by atoms with Crippen molar-refractivity contribution in [1.29, 1.82) is 0 Å². The van der Waals surface area contributed by atoms with Gasteiger partial charge in [0.15, 0.2) is 0 Å². The first-order chi connectivity index (χ1) is 6.63. The zero-order valence-electron chi connectivity index (χ0n) is 7.11. The van der Waals surface area contributed by atoms with Crippen LogP contribution in [0.5, 0.6) is 0 Å². The van der Waals surface area contributed by atoms with E-state index in [1.807, 2.05) is 0 Å². The molecule has 2 N–H and O–H groups in total. The highest BCUT2D eigenvalue weighted by Gasteiger charge is 2.27. The maximum Gasteiger partial charge on any atom is 0.228 e. The lowest BCUT2D eigenvalue weighted by Crippen LogP contribution is -2.39. The molecule has 0 atom stereocenters. The van der Waals surface area contributed by atoms with Gasteiger partial charge in [-0.25, -0.2) is 0 Å². The number of aliphatic hydroxyl groups is 1. The molecule has 1 aromatic rings. The van der Waals surface area contributed by atoms with Crippen LogP contribution in [0.1, 0.15) is 12.8 Å². The third-order valence-electron chi connectivity index (χ3n) is 2.03. The van der Waals surface area contributed by atoms with Gasteiger partial charge in [-0.15, -0.1) is 0 Å². The summed E-state index contributed by atoms with van der Waals surface area (Å²) in [5.74, 6) is 0.354. The van der Waals surface area contributed by atoms with Crippen molar-refractivity contribution in [1.82, 2.24) is 15.0 Å².